The van der Waals surface area contributed by atoms with E-state index in [1.807, 2.05) is 30.3 Å². The number of halogens is 2. The molecule has 0 bridgehead atoms. The van der Waals surface area contributed by atoms with Crippen LogP contribution in [0.15, 0.2) is 72.8 Å². The van der Waals surface area contributed by atoms with E-state index in [4.69, 9.17) is 16.3 Å². The number of nitrogens with zero attached hydrogens (tertiary/aromatic N) is 2. The molecule has 0 aromatic heterocycles. The first-order valence-corrected chi connectivity index (χ1v) is 11.9. The number of piperazine rings is 1. The van der Waals surface area contributed by atoms with Crippen LogP contribution in [0.4, 0.5) is 10.1 Å². The van der Waals surface area contributed by atoms with Gasteiger partial charge in [0.05, 0.1) is 29.0 Å². The van der Waals surface area contributed by atoms with Crippen LogP contribution in [0.25, 0.3) is 0 Å². The maximum absolute atomic E-state index is 13.3. The molecule has 7 heteroatoms. The van der Waals surface area contributed by atoms with Gasteiger partial charge in [-0.3, -0.25) is 4.90 Å². The number of rotatable bonds is 8. The van der Waals surface area contributed by atoms with Crippen molar-refractivity contribution in [2.24, 2.45) is 0 Å². The standard InChI is InChI=1S/C27H30ClFN2O3/c1-19(32)18-34-23-11-12-25(24(28)15-23)31-14-13-30(16-26(31)20-5-3-2-4-6-20)17-27(33)21-7-9-22(29)10-8-21/h2-12,15,19,26-27,32-33H,13-14,16-18H2,1H3/t19?,26-,27?/m0/s1. The second kappa shape index (κ2) is 11.2. The summed E-state index contributed by atoms with van der Waals surface area (Å²) in [4.78, 5) is 4.52. The minimum absolute atomic E-state index is 0.0390. The van der Waals surface area contributed by atoms with E-state index in [0.29, 0.717) is 29.4 Å². The lowest BCUT2D eigenvalue weighted by Gasteiger charge is -2.44. The summed E-state index contributed by atoms with van der Waals surface area (Å²) in [7, 11) is 0. The van der Waals surface area contributed by atoms with Gasteiger partial charge >= 0.3 is 0 Å². The highest BCUT2D eigenvalue weighted by atomic mass is 35.5. The van der Waals surface area contributed by atoms with Gasteiger partial charge < -0.3 is 19.8 Å². The fraction of sp³-hybridized carbons (Fsp3) is 0.333. The molecule has 0 amide bonds. The van der Waals surface area contributed by atoms with Crippen molar-refractivity contribution in [1.82, 2.24) is 4.90 Å². The Morgan fingerprint density at radius 3 is 2.44 bits per heavy atom. The highest BCUT2D eigenvalue weighted by Gasteiger charge is 2.30. The molecular formula is C27H30ClFN2O3. The minimum Gasteiger partial charge on any atom is -0.491 e. The van der Waals surface area contributed by atoms with Crippen LogP contribution < -0.4 is 9.64 Å². The molecule has 1 heterocycles. The van der Waals surface area contributed by atoms with Gasteiger partial charge in [0.2, 0.25) is 0 Å². The predicted molar refractivity (Wildman–Crippen MR) is 133 cm³/mol. The Morgan fingerprint density at radius 2 is 1.76 bits per heavy atom. The Morgan fingerprint density at radius 1 is 1.03 bits per heavy atom. The lowest BCUT2D eigenvalue weighted by Crippen LogP contribution is -2.49. The zero-order chi connectivity index (χ0) is 24.1. The molecule has 2 unspecified atom stereocenters. The fourth-order valence-corrected chi connectivity index (χ4v) is 4.60. The van der Waals surface area contributed by atoms with E-state index in [2.05, 4.69) is 21.9 Å². The first-order chi connectivity index (χ1) is 16.4. The van der Waals surface area contributed by atoms with Crippen molar-refractivity contribution in [1.29, 1.82) is 0 Å². The average molecular weight is 485 g/mol. The van der Waals surface area contributed by atoms with Gasteiger partial charge in [0.15, 0.2) is 0 Å². The Balaban J connectivity index is 1.53. The summed E-state index contributed by atoms with van der Waals surface area (Å²) >= 11 is 6.68. The normalized spacial score (nSPS) is 18.5. The molecule has 3 atom stereocenters. The zero-order valence-corrected chi connectivity index (χ0v) is 19.9. The third kappa shape index (κ3) is 6.07. The number of benzene rings is 3. The molecule has 4 rings (SSSR count). The van der Waals surface area contributed by atoms with Gasteiger partial charge in [-0.1, -0.05) is 54.1 Å². The Labute approximate surface area is 205 Å². The molecule has 180 valence electrons. The molecule has 0 aliphatic carbocycles. The van der Waals surface area contributed by atoms with Crippen LogP contribution in [0, 0.1) is 5.82 Å². The van der Waals surface area contributed by atoms with E-state index < -0.39 is 12.2 Å². The Bertz CT molecular complexity index is 1070. The lowest BCUT2D eigenvalue weighted by molar-refractivity contribution is 0.100. The number of ether oxygens (including phenoxy) is 1. The molecule has 1 saturated heterocycles. The van der Waals surface area contributed by atoms with Gasteiger partial charge in [-0.25, -0.2) is 4.39 Å². The number of hydrogen-bond donors (Lipinski definition) is 2. The minimum atomic E-state index is -0.697. The van der Waals surface area contributed by atoms with Crippen LogP contribution in [0.3, 0.4) is 0 Å². The summed E-state index contributed by atoms with van der Waals surface area (Å²) < 4.78 is 18.9. The smallest absolute Gasteiger partial charge is 0.123 e. The molecule has 1 aliphatic rings. The van der Waals surface area contributed by atoms with E-state index in [1.165, 1.54) is 12.1 Å². The third-order valence-corrected chi connectivity index (χ3v) is 6.36. The lowest BCUT2D eigenvalue weighted by atomic mass is 10.0. The van der Waals surface area contributed by atoms with E-state index in [0.717, 1.165) is 24.3 Å². The summed E-state index contributed by atoms with van der Waals surface area (Å²) in [6, 6.07) is 21.9. The fourth-order valence-electron chi connectivity index (χ4n) is 4.32. The van der Waals surface area contributed by atoms with Gasteiger partial charge in [-0.15, -0.1) is 0 Å². The molecule has 5 nitrogen and oxygen atoms in total. The second-order valence-corrected chi connectivity index (χ2v) is 9.13. The first-order valence-electron chi connectivity index (χ1n) is 11.5. The summed E-state index contributed by atoms with van der Waals surface area (Å²) in [5.74, 6) is 0.305. The van der Waals surface area contributed by atoms with E-state index >= 15 is 0 Å². The molecule has 1 fully saturated rings. The highest BCUT2D eigenvalue weighted by molar-refractivity contribution is 6.33. The van der Waals surface area contributed by atoms with E-state index in [-0.39, 0.29) is 18.5 Å². The van der Waals surface area contributed by atoms with Crippen LogP contribution in [0.2, 0.25) is 5.02 Å². The summed E-state index contributed by atoms with van der Waals surface area (Å²) in [6.45, 7) is 4.52. The van der Waals surface area contributed by atoms with Crippen LogP contribution in [-0.2, 0) is 0 Å². The molecule has 0 spiro atoms. The highest BCUT2D eigenvalue weighted by Crippen LogP contribution is 2.37. The molecule has 1 aliphatic heterocycles. The number of anilines is 1. The molecule has 2 N–H and O–H groups in total. The van der Waals surface area contributed by atoms with Crippen molar-refractivity contribution in [3.05, 3.63) is 94.8 Å². The van der Waals surface area contributed by atoms with Crippen molar-refractivity contribution < 1.29 is 19.3 Å². The molecular weight excluding hydrogens is 455 g/mol. The van der Waals surface area contributed by atoms with Crippen molar-refractivity contribution in [2.75, 3.05) is 37.7 Å². The number of β-amino-alcohol motifs (C(OH)–C–C–N with tert-alkyl or cyclic N) is 1. The number of hydrogen-bond acceptors (Lipinski definition) is 5. The van der Waals surface area contributed by atoms with Gasteiger partial charge in [0.1, 0.15) is 18.2 Å². The van der Waals surface area contributed by atoms with Crippen molar-refractivity contribution in [3.8, 4) is 5.75 Å². The monoisotopic (exact) mass is 484 g/mol. The van der Waals surface area contributed by atoms with Gasteiger partial charge in [0, 0.05) is 32.2 Å². The van der Waals surface area contributed by atoms with Crippen molar-refractivity contribution in [2.45, 2.75) is 25.2 Å². The van der Waals surface area contributed by atoms with Crippen molar-refractivity contribution >= 4 is 17.3 Å². The quantitative estimate of drug-likeness (QED) is 0.479. The van der Waals surface area contributed by atoms with E-state index in [9.17, 15) is 14.6 Å². The summed E-state index contributed by atoms with van der Waals surface area (Å²) in [5.41, 5.74) is 2.78. The Hall–Kier alpha value is -2.64. The van der Waals surface area contributed by atoms with Crippen LogP contribution >= 0.6 is 11.6 Å². The largest absolute Gasteiger partial charge is 0.491 e. The third-order valence-electron chi connectivity index (χ3n) is 6.05. The second-order valence-electron chi connectivity index (χ2n) is 8.72. The molecule has 3 aromatic carbocycles. The molecule has 0 saturated carbocycles. The SMILES string of the molecule is CC(O)COc1ccc(N2CCN(CC(O)c3ccc(F)cc3)C[C@H]2c2ccccc2)c(Cl)c1. The van der Waals surface area contributed by atoms with E-state index in [1.54, 1.807) is 25.1 Å². The van der Waals surface area contributed by atoms with Crippen LogP contribution in [0.1, 0.15) is 30.2 Å². The van der Waals surface area contributed by atoms with Crippen LogP contribution in [-0.4, -0.2) is 54.0 Å². The first kappa shape index (κ1) is 24.5. The zero-order valence-electron chi connectivity index (χ0n) is 19.1. The topological polar surface area (TPSA) is 56.2 Å². The molecule has 3 aromatic rings. The maximum Gasteiger partial charge on any atom is 0.123 e. The van der Waals surface area contributed by atoms with Gasteiger partial charge in [-0.05, 0) is 42.3 Å². The number of aliphatic hydroxyl groups excluding tert-OH is 2. The van der Waals surface area contributed by atoms with Crippen molar-refractivity contribution in [3.63, 3.8) is 0 Å². The molecule has 34 heavy (non-hydrogen) atoms. The van der Waals surface area contributed by atoms with Gasteiger partial charge in [0.25, 0.3) is 0 Å². The van der Waals surface area contributed by atoms with Crippen LogP contribution in [0.5, 0.6) is 5.75 Å². The Kier molecular flexibility index (Phi) is 8.06. The summed E-state index contributed by atoms with van der Waals surface area (Å²) in [6.07, 6.45) is -1.25. The maximum atomic E-state index is 13.3. The number of aliphatic hydroxyl groups is 2. The average Bonchev–Trinajstić information content (AvgIpc) is 2.84. The summed E-state index contributed by atoms with van der Waals surface area (Å²) in [5, 5.41) is 20.8. The van der Waals surface area contributed by atoms with Gasteiger partial charge in [-0.2, -0.15) is 0 Å². The predicted octanol–water partition coefficient (Wildman–Crippen LogP) is 4.84. The molecule has 0 radical (unpaired) electrons.